The molecule has 8 heteroatoms. The molecule has 0 radical (unpaired) electrons. The molecule has 1 aromatic heterocycles. The molecule has 7 nitrogen and oxygen atoms in total. The van der Waals surface area contributed by atoms with Crippen LogP contribution in [-0.2, 0) is 15.1 Å². The van der Waals surface area contributed by atoms with Crippen molar-refractivity contribution in [3.63, 3.8) is 0 Å². The van der Waals surface area contributed by atoms with Gasteiger partial charge in [0.05, 0.1) is 5.69 Å². The Kier molecular flexibility index (Phi) is 5.84. The lowest BCUT2D eigenvalue weighted by Crippen LogP contribution is -2.42. The lowest BCUT2D eigenvalue weighted by molar-refractivity contribution is -0.133. The number of imide groups is 1. The van der Waals surface area contributed by atoms with Gasteiger partial charge in [0, 0.05) is 10.9 Å². The summed E-state index contributed by atoms with van der Waals surface area (Å²) >= 11 is 1.30. The number of rotatable bonds is 5. The van der Waals surface area contributed by atoms with Gasteiger partial charge in [-0.3, -0.25) is 14.5 Å². The summed E-state index contributed by atoms with van der Waals surface area (Å²) in [6.07, 6.45) is 0. The Morgan fingerprint density at radius 1 is 1.00 bits per heavy atom. The first kappa shape index (κ1) is 23.7. The van der Waals surface area contributed by atoms with Crippen LogP contribution >= 0.6 is 11.3 Å². The van der Waals surface area contributed by atoms with Crippen LogP contribution in [0.3, 0.4) is 0 Å². The van der Waals surface area contributed by atoms with E-state index in [2.05, 4.69) is 41.6 Å². The molecule has 0 aliphatic carbocycles. The predicted octanol–water partition coefficient (Wildman–Crippen LogP) is 5.29. The third-order valence-corrected chi connectivity index (χ3v) is 7.53. The van der Waals surface area contributed by atoms with E-state index in [0.29, 0.717) is 10.7 Å². The van der Waals surface area contributed by atoms with Crippen molar-refractivity contribution in [2.45, 2.75) is 33.2 Å². The summed E-state index contributed by atoms with van der Waals surface area (Å²) in [4.78, 5) is 44.3. The molecule has 1 fully saturated rings. The normalized spacial score (nSPS) is 17.5. The molecule has 4 aromatic rings. The molecule has 5 rings (SSSR count). The Balaban J connectivity index is 1.31. The summed E-state index contributed by atoms with van der Waals surface area (Å²) in [6, 6.07) is 17.1. The zero-order valence-electron chi connectivity index (χ0n) is 20.5. The van der Waals surface area contributed by atoms with Crippen LogP contribution in [0.25, 0.3) is 22.0 Å². The molecule has 1 saturated heterocycles. The van der Waals surface area contributed by atoms with Crippen molar-refractivity contribution >= 4 is 45.1 Å². The molecule has 1 aliphatic rings. The van der Waals surface area contributed by atoms with Gasteiger partial charge in [-0.25, -0.2) is 9.78 Å². The molecule has 36 heavy (non-hydrogen) atoms. The van der Waals surface area contributed by atoms with E-state index in [4.69, 9.17) is 0 Å². The van der Waals surface area contributed by atoms with Gasteiger partial charge >= 0.3 is 6.03 Å². The maximum absolute atomic E-state index is 13.3. The minimum atomic E-state index is -1.25. The van der Waals surface area contributed by atoms with E-state index in [0.717, 1.165) is 32.5 Å². The van der Waals surface area contributed by atoms with Crippen molar-refractivity contribution < 1.29 is 14.4 Å². The number of benzene rings is 3. The number of fused-ring (bicyclic) bond motifs is 1. The topological polar surface area (TPSA) is 91.4 Å². The van der Waals surface area contributed by atoms with E-state index < -0.39 is 29.9 Å². The first-order valence-electron chi connectivity index (χ1n) is 11.6. The van der Waals surface area contributed by atoms with Crippen LogP contribution in [0, 0.1) is 20.8 Å². The fourth-order valence-corrected chi connectivity index (χ4v) is 5.26. The predicted molar refractivity (Wildman–Crippen MR) is 142 cm³/mol. The van der Waals surface area contributed by atoms with E-state index in [1.807, 2.05) is 54.8 Å². The number of anilines is 1. The Bertz CT molecular complexity index is 1540. The first-order chi connectivity index (χ1) is 17.2. The minimum Gasteiger partial charge on any atom is -0.319 e. The molecular formula is C28H26N4O3S. The van der Waals surface area contributed by atoms with Crippen molar-refractivity contribution in [1.29, 1.82) is 0 Å². The van der Waals surface area contributed by atoms with E-state index in [9.17, 15) is 14.4 Å². The van der Waals surface area contributed by atoms with Crippen LogP contribution in [0.2, 0.25) is 0 Å². The third kappa shape index (κ3) is 4.13. The highest BCUT2D eigenvalue weighted by atomic mass is 32.1. The number of thiazole rings is 1. The number of hydrogen-bond acceptors (Lipinski definition) is 5. The fourth-order valence-electron chi connectivity index (χ4n) is 4.53. The SMILES string of the molecule is Cc1cc(C)c(-c2csc(NC(=O)CN3C(=O)NC(C)(c4ccc5ccccc5c4)C3=O)n2)cc1C. The Morgan fingerprint density at radius 3 is 2.50 bits per heavy atom. The first-order valence-corrected chi connectivity index (χ1v) is 12.5. The highest BCUT2D eigenvalue weighted by molar-refractivity contribution is 7.14. The third-order valence-electron chi connectivity index (χ3n) is 6.77. The van der Waals surface area contributed by atoms with Gasteiger partial charge in [0.25, 0.3) is 5.91 Å². The summed E-state index contributed by atoms with van der Waals surface area (Å²) in [5.74, 6) is -0.956. The van der Waals surface area contributed by atoms with Gasteiger partial charge in [-0.05, 0) is 72.9 Å². The second-order valence-electron chi connectivity index (χ2n) is 9.35. The number of nitrogens with zero attached hydrogens (tertiary/aromatic N) is 2. The van der Waals surface area contributed by atoms with E-state index in [1.165, 1.54) is 22.5 Å². The fraction of sp³-hybridized carbons (Fsp3) is 0.214. The molecule has 1 atom stereocenters. The van der Waals surface area contributed by atoms with E-state index in [-0.39, 0.29) is 0 Å². The molecule has 2 N–H and O–H groups in total. The molecule has 3 aromatic carbocycles. The van der Waals surface area contributed by atoms with Crippen molar-refractivity contribution in [2.24, 2.45) is 0 Å². The van der Waals surface area contributed by atoms with Crippen LogP contribution in [-0.4, -0.2) is 34.3 Å². The van der Waals surface area contributed by atoms with Gasteiger partial charge in [0.15, 0.2) is 5.13 Å². The molecule has 1 aliphatic heterocycles. The summed E-state index contributed by atoms with van der Waals surface area (Å²) in [5.41, 5.74) is 4.68. The van der Waals surface area contributed by atoms with Crippen molar-refractivity contribution in [2.75, 3.05) is 11.9 Å². The number of amides is 4. The maximum atomic E-state index is 13.3. The van der Waals surface area contributed by atoms with Crippen molar-refractivity contribution in [3.05, 3.63) is 82.2 Å². The average Bonchev–Trinajstić information content (AvgIpc) is 3.39. The monoisotopic (exact) mass is 498 g/mol. The average molecular weight is 499 g/mol. The van der Waals surface area contributed by atoms with Gasteiger partial charge in [0.2, 0.25) is 5.91 Å². The Hall–Kier alpha value is -4.04. The number of nitrogens with one attached hydrogen (secondary N) is 2. The van der Waals surface area contributed by atoms with Crippen LogP contribution < -0.4 is 10.6 Å². The highest BCUT2D eigenvalue weighted by Gasteiger charge is 2.49. The molecule has 4 amide bonds. The van der Waals surface area contributed by atoms with Crippen molar-refractivity contribution in [1.82, 2.24) is 15.2 Å². The number of aromatic nitrogens is 1. The van der Waals surface area contributed by atoms with Gasteiger partial charge in [-0.2, -0.15) is 0 Å². The Morgan fingerprint density at radius 2 is 1.72 bits per heavy atom. The molecule has 2 heterocycles. The standard InChI is InChI=1S/C28H26N4O3S/c1-16-11-18(3)22(12-17(16)2)23-15-36-26(29-23)30-24(33)14-32-25(34)28(4,31-27(32)35)21-10-9-19-7-5-6-8-20(19)13-21/h5-13,15H,14H2,1-4H3,(H,31,35)(H,29,30,33). The number of urea groups is 1. The minimum absolute atomic E-state index is 0.397. The zero-order chi connectivity index (χ0) is 25.6. The lowest BCUT2D eigenvalue weighted by atomic mass is 9.90. The number of hydrogen-bond donors (Lipinski definition) is 2. The highest BCUT2D eigenvalue weighted by Crippen LogP contribution is 2.32. The molecular weight excluding hydrogens is 472 g/mol. The van der Waals surface area contributed by atoms with Crippen LogP contribution in [0.4, 0.5) is 9.93 Å². The number of aryl methyl sites for hydroxylation is 3. The Labute approximate surface area is 213 Å². The summed E-state index contributed by atoms with van der Waals surface area (Å²) in [5, 5.41) is 9.80. The summed E-state index contributed by atoms with van der Waals surface area (Å²) in [6.45, 7) is 7.42. The molecule has 182 valence electrons. The van der Waals surface area contributed by atoms with E-state index >= 15 is 0 Å². The van der Waals surface area contributed by atoms with Gasteiger partial charge in [-0.1, -0.05) is 42.5 Å². The lowest BCUT2D eigenvalue weighted by Gasteiger charge is -2.22. The van der Waals surface area contributed by atoms with E-state index in [1.54, 1.807) is 6.92 Å². The smallest absolute Gasteiger partial charge is 0.319 e. The summed E-state index contributed by atoms with van der Waals surface area (Å²) in [7, 11) is 0. The van der Waals surface area contributed by atoms with Crippen LogP contribution in [0.5, 0.6) is 0 Å². The van der Waals surface area contributed by atoms with Crippen LogP contribution in [0.15, 0.2) is 60.0 Å². The maximum Gasteiger partial charge on any atom is 0.325 e. The number of carbonyl (C=O) groups excluding carboxylic acids is 3. The largest absolute Gasteiger partial charge is 0.325 e. The summed E-state index contributed by atoms with van der Waals surface area (Å²) < 4.78 is 0. The second kappa shape index (κ2) is 8.87. The number of carbonyl (C=O) groups is 3. The van der Waals surface area contributed by atoms with Crippen molar-refractivity contribution in [3.8, 4) is 11.3 Å². The van der Waals surface area contributed by atoms with Gasteiger partial charge in [0.1, 0.15) is 12.1 Å². The zero-order valence-corrected chi connectivity index (χ0v) is 21.3. The van der Waals surface area contributed by atoms with Crippen LogP contribution in [0.1, 0.15) is 29.2 Å². The molecule has 0 saturated carbocycles. The molecule has 0 bridgehead atoms. The molecule has 1 unspecified atom stereocenters. The second-order valence-corrected chi connectivity index (χ2v) is 10.2. The molecule has 0 spiro atoms. The van der Waals surface area contributed by atoms with Gasteiger partial charge < -0.3 is 10.6 Å². The quantitative estimate of drug-likeness (QED) is 0.366. The van der Waals surface area contributed by atoms with Gasteiger partial charge in [-0.15, -0.1) is 11.3 Å².